The highest BCUT2D eigenvalue weighted by Crippen LogP contribution is 2.27. The second-order valence-corrected chi connectivity index (χ2v) is 11.1. The fourth-order valence-corrected chi connectivity index (χ4v) is 6.57. The predicted octanol–water partition coefficient (Wildman–Crippen LogP) is 3.68. The van der Waals surface area contributed by atoms with Crippen LogP contribution in [0.15, 0.2) is 47.4 Å². The summed E-state index contributed by atoms with van der Waals surface area (Å²) in [6.07, 6.45) is 0.246. The van der Waals surface area contributed by atoms with E-state index in [-0.39, 0.29) is 23.8 Å². The number of carbonyl (C=O) groups excluding carboxylic acids is 1. The van der Waals surface area contributed by atoms with E-state index in [0.29, 0.717) is 12.0 Å². The van der Waals surface area contributed by atoms with Gasteiger partial charge in [-0.25, -0.2) is 26.0 Å². The van der Waals surface area contributed by atoms with Gasteiger partial charge in [0.25, 0.3) is 0 Å². The van der Waals surface area contributed by atoms with Gasteiger partial charge < -0.3 is 4.74 Å². The molecule has 2 aromatic rings. The molecule has 0 aliphatic rings. The van der Waals surface area contributed by atoms with E-state index in [4.69, 9.17) is 16.3 Å². The third kappa shape index (κ3) is 6.25. The van der Waals surface area contributed by atoms with Gasteiger partial charge >= 0.3 is 5.97 Å². The summed E-state index contributed by atoms with van der Waals surface area (Å²) in [5.41, 5.74) is -0.102. The van der Waals surface area contributed by atoms with Crippen LogP contribution in [0.3, 0.4) is 0 Å². The molecule has 0 saturated heterocycles. The quantitative estimate of drug-likeness (QED) is 0.508. The molecule has 0 amide bonds. The Hall–Kier alpha value is -2.01. The Morgan fingerprint density at radius 1 is 1.10 bits per heavy atom. The number of hydrogen-bond acceptors (Lipinski definition) is 6. The number of ether oxygens (including phenoxy) is 1. The lowest BCUT2D eigenvalue weighted by molar-refractivity contribution is 0.0467. The van der Waals surface area contributed by atoms with Crippen molar-refractivity contribution in [1.29, 1.82) is 0 Å². The average Bonchev–Trinajstić information content (AvgIpc) is 2.71. The van der Waals surface area contributed by atoms with Gasteiger partial charge in [0, 0.05) is 0 Å². The molecule has 1 atom stereocenters. The molecule has 0 aliphatic carbocycles. The van der Waals surface area contributed by atoms with E-state index in [1.165, 1.54) is 6.92 Å². The fourth-order valence-electron chi connectivity index (χ4n) is 2.80. The Bertz CT molecular complexity index is 1140. The van der Waals surface area contributed by atoms with Gasteiger partial charge in [0.1, 0.15) is 22.4 Å². The normalized spacial score (nSPS) is 13.0. The van der Waals surface area contributed by atoms with Gasteiger partial charge in [-0.05, 0) is 30.5 Å². The summed E-state index contributed by atoms with van der Waals surface area (Å²) in [7, 11) is -8.40. The van der Waals surface area contributed by atoms with Crippen LogP contribution in [-0.4, -0.2) is 33.9 Å². The molecule has 7 nitrogen and oxygen atoms in total. The number of hydrogen-bond donors (Lipinski definition) is 1. The van der Waals surface area contributed by atoms with Crippen LogP contribution >= 0.6 is 11.6 Å². The standard InChI is InChI=1S/C20H23ClFNO6S2/c1-3-12-30(25,26)17(4-2)23-31(27,28)16-11-10-15(21)18(19(16)22)20(24)29-13-14-8-6-5-7-9-14/h5-11,17,23H,3-4,12-13H2,1-2H3. The van der Waals surface area contributed by atoms with E-state index in [9.17, 15) is 21.6 Å². The Labute approximate surface area is 186 Å². The summed E-state index contributed by atoms with van der Waals surface area (Å²) in [4.78, 5) is 11.5. The topological polar surface area (TPSA) is 107 Å². The Morgan fingerprint density at radius 2 is 1.74 bits per heavy atom. The summed E-state index contributed by atoms with van der Waals surface area (Å²) < 4.78 is 72.2. The molecule has 2 aromatic carbocycles. The van der Waals surface area contributed by atoms with Crippen molar-refractivity contribution in [3.63, 3.8) is 0 Å². The number of nitrogens with one attached hydrogen (secondary N) is 1. The summed E-state index contributed by atoms with van der Waals surface area (Å²) in [6, 6.07) is 10.5. The number of sulfonamides is 1. The predicted molar refractivity (Wildman–Crippen MR) is 115 cm³/mol. The molecule has 2 rings (SSSR count). The number of esters is 1. The minimum Gasteiger partial charge on any atom is -0.457 e. The van der Waals surface area contributed by atoms with E-state index in [0.717, 1.165) is 12.1 Å². The third-order valence-corrected chi connectivity index (χ3v) is 8.59. The van der Waals surface area contributed by atoms with E-state index in [1.54, 1.807) is 37.3 Å². The monoisotopic (exact) mass is 491 g/mol. The van der Waals surface area contributed by atoms with Crippen molar-refractivity contribution in [2.75, 3.05) is 5.75 Å². The van der Waals surface area contributed by atoms with Gasteiger partial charge in [-0.1, -0.05) is 55.8 Å². The van der Waals surface area contributed by atoms with Crippen LogP contribution in [-0.2, 0) is 31.2 Å². The highest BCUT2D eigenvalue weighted by molar-refractivity contribution is 7.94. The smallest absolute Gasteiger partial charge is 0.343 e. The first-order valence-corrected chi connectivity index (χ1v) is 13.0. The van der Waals surface area contributed by atoms with Crippen molar-refractivity contribution < 1.29 is 30.8 Å². The number of carbonyl (C=O) groups is 1. The number of rotatable bonds is 10. The summed E-state index contributed by atoms with van der Waals surface area (Å²) in [6.45, 7) is 2.97. The highest BCUT2D eigenvalue weighted by atomic mass is 35.5. The van der Waals surface area contributed by atoms with Crippen molar-refractivity contribution in [2.45, 2.75) is 43.6 Å². The molecule has 31 heavy (non-hydrogen) atoms. The van der Waals surface area contributed by atoms with Gasteiger partial charge in [-0.3, -0.25) is 0 Å². The molecule has 0 fully saturated rings. The molecule has 0 heterocycles. The van der Waals surface area contributed by atoms with E-state index < -0.39 is 47.5 Å². The maximum Gasteiger partial charge on any atom is 0.343 e. The molecular formula is C20H23ClFNO6S2. The molecule has 170 valence electrons. The number of sulfone groups is 1. The van der Waals surface area contributed by atoms with Crippen molar-refractivity contribution in [3.05, 3.63) is 64.4 Å². The van der Waals surface area contributed by atoms with Crippen LogP contribution in [0.4, 0.5) is 4.39 Å². The first-order valence-electron chi connectivity index (χ1n) is 9.46. The zero-order chi connectivity index (χ0) is 23.2. The molecular weight excluding hydrogens is 469 g/mol. The molecule has 0 spiro atoms. The Kier molecular flexibility index (Phi) is 8.58. The lowest BCUT2D eigenvalue weighted by Gasteiger charge is -2.18. The van der Waals surface area contributed by atoms with Crippen molar-refractivity contribution >= 4 is 37.4 Å². The first kappa shape index (κ1) is 25.3. The van der Waals surface area contributed by atoms with Crippen LogP contribution in [0.1, 0.15) is 42.6 Å². The molecule has 0 aromatic heterocycles. The number of benzene rings is 2. The summed E-state index contributed by atoms with van der Waals surface area (Å²) >= 11 is 5.92. The van der Waals surface area contributed by atoms with Gasteiger partial charge in [-0.2, -0.15) is 4.72 Å². The van der Waals surface area contributed by atoms with Crippen LogP contribution in [0.25, 0.3) is 0 Å². The maximum absolute atomic E-state index is 15.1. The van der Waals surface area contributed by atoms with Crippen LogP contribution < -0.4 is 4.72 Å². The average molecular weight is 492 g/mol. The fraction of sp³-hybridized carbons (Fsp3) is 0.350. The van der Waals surface area contributed by atoms with E-state index in [2.05, 4.69) is 0 Å². The van der Waals surface area contributed by atoms with Crippen LogP contribution in [0.5, 0.6) is 0 Å². The minimum atomic E-state index is -4.61. The van der Waals surface area contributed by atoms with Gasteiger partial charge in [0.15, 0.2) is 15.7 Å². The van der Waals surface area contributed by atoms with Crippen molar-refractivity contribution in [1.82, 2.24) is 4.72 Å². The summed E-state index contributed by atoms with van der Waals surface area (Å²) in [5.74, 6) is -2.79. The lowest BCUT2D eigenvalue weighted by atomic mass is 10.2. The molecule has 0 radical (unpaired) electrons. The lowest BCUT2D eigenvalue weighted by Crippen LogP contribution is -2.41. The van der Waals surface area contributed by atoms with Crippen molar-refractivity contribution in [3.8, 4) is 0 Å². The largest absolute Gasteiger partial charge is 0.457 e. The maximum atomic E-state index is 15.1. The van der Waals surface area contributed by atoms with Gasteiger partial charge in [-0.15, -0.1) is 0 Å². The molecule has 11 heteroatoms. The van der Waals surface area contributed by atoms with Gasteiger partial charge in [0.05, 0.1) is 10.8 Å². The molecule has 0 bridgehead atoms. The van der Waals surface area contributed by atoms with Crippen molar-refractivity contribution in [2.24, 2.45) is 0 Å². The van der Waals surface area contributed by atoms with E-state index >= 15 is 4.39 Å². The SMILES string of the molecule is CCCS(=O)(=O)C(CC)NS(=O)(=O)c1ccc(Cl)c(C(=O)OCc2ccccc2)c1F. The van der Waals surface area contributed by atoms with Gasteiger partial charge in [0.2, 0.25) is 10.0 Å². The summed E-state index contributed by atoms with van der Waals surface area (Å²) in [5, 5.41) is -1.76. The molecule has 0 saturated carbocycles. The van der Waals surface area contributed by atoms with E-state index in [1.807, 2.05) is 4.72 Å². The van der Waals surface area contributed by atoms with Crippen LogP contribution in [0.2, 0.25) is 5.02 Å². The Morgan fingerprint density at radius 3 is 2.32 bits per heavy atom. The highest BCUT2D eigenvalue weighted by Gasteiger charge is 2.32. The second kappa shape index (κ2) is 10.5. The van der Waals surface area contributed by atoms with Crippen LogP contribution in [0, 0.1) is 5.82 Å². The zero-order valence-electron chi connectivity index (χ0n) is 17.0. The third-order valence-electron chi connectivity index (χ3n) is 4.34. The zero-order valence-corrected chi connectivity index (χ0v) is 19.4. The second-order valence-electron chi connectivity index (χ2n) is 6.68. The molecule has 1 unspecified atom stereocenters. The number of halogens is 2. The first-order chi connectivity index (χ1) is 14.5. The Balaban J connectivity index is 2.34. The molecule has 1 N–H and O–H groups in total. The molecule has 0 aliphatic heterocycles. The minimum absolute atomic E-state index is 0.0528.